The lowest BCUT2D eigenvalue weighted by atomic mass is 10.2. The first-order valence-electron chi connectivity index (χ1n) is 4.64. The zero-order valence-corrected chi connectivity index (χ0v) is 7.91. The van der Waals surface area contributed by atoms with Gasteiger partial charge in [-0.1, -0.05) is 18.2 Å². The van der Waals surface area contributed by atoms with E-state index >= 15 is 0 Å². The summed E-state index contributed by atoms with van der Waals surface area (Å²) < 4.78 is 1.93. The van der Waals surface area contributed by atoms with Crippen molar-refractivity contribution in [1.29, 1.82) is 0 Å². The van der Waals surface area contributed by atoms with E-state index in [1.165, 1.54) is 0 Å². The van der Waals surface area contributed by atoms with Crippen LogP contribution >= 0.6 is 0 Å². The van der Waals surface area contributed by atoms with E-state index in [9.17, 15) is 0 Å². The molecular weight excluding hydrogens is 188 g/mol. The summed E-state index contributed by atoms with van der Waals surface area (Å²) >= 11 is 0. The van der Waals surface area contributed by atoms with Crippen LogP contribution in [0.1, 0.15) is 0 Å². The molecule has 0 fully saturated rings. The molecule has 4 nitrogen and oxygen atoms in total. The normalized spacial score (nSPS) is 10.7. The summed E-state index contributed by atoms with van der Waals surface area (Å²) in [5, 5.41) is 9.11. The van der Waals surface area contributed by atoms with Crippen LogP contribution in [0.5, 0.6) is 0 Å². The van der Waals surface area contributed by atoms with Crippen LogP contribution in [0.2, 0.25) is 0 Å². The molecule has 0 aliphatic carbocycles. The molecule has 3 rings (SSSR count). The van der Waals surface area contributed by atoms with E-state index in [0.717, 1.165) is 16.6 Å². The average Bonchev–Trinajstić information content (AvgIpc) is 2.82. The predicted octanol–water partition coefficient (Wildman–Crippen LogP) is 1.82. The third-order valence-corrected chi connectivity index (χ3v) is 2.31. The number of benzene rings is 1. The second kappa shape index (κ2) is 3.16. The maximum Gasteiger partial charge on any atom is 0.0992 e. The van der Waals surface area contributed by atoms with Gasteiger partial charge in [-0.25, -0.2) is 4.98 Å². The van der Waals surface area contributed by atoms with E-state index < -0.39 is 0 Å². The Balaban J connectivity index is 2.36. The Morgan fingerprint density at radius 3 is 2.93 bits per heavy atom. The molecule has 2 heterocycles. The highest BCUT2D eigenvalue weighted by atomic mass is 15.1. The number of aromatic nitrogens is 4. The number of rotatable bonds is 1. The lowest BCUT2D eigenvalue weighted by Crippen LogP contribution is -1.94. The number of fused-ring (bicyclic) bond motifs is 1. The van der Waals surface area contributed by atoms with Gasteiger partial charge in [0.05, 0.1) is 23.7 Å². The number of imidazole rings is 1. The Bertz CT molecular complexity index is 581. The van der Waals surface area contributed by atoms with Crippen molar-refractivity contribution in [2.75, 3.05) is 0 Å². The standard InChI is InChI=1S/C11H8N4/c1-2-4-10-9(3-1)11(7-13-14-10)15-6-5-12-8-15/h1-8H. The fourth-order valence-electron chi connectivity index (χ4n) is 1.60. The highest BCUT2D eigenvalue weighted by Gasteiger charge is 2.02. The van der Waals surface area contributed by atoms with Crippen LogP contribution in [-0.2, 0) is 0 Å². The Labute approximate surface area is 86.2 Å². The molecule has 0 saturated carbocycles. The van der Waals surface area contributed by atoms with E-state index in [1.54, 1.807) is 18.7 Å². The first kappa shape index (κ1) is 8.11. The van der Waals surface area contributed by atoms with Gasteiger partial charge in [0.25, 0.3) is 0 Å². The van der Waals surface area contributed by atoms with Crippen LogP contribution in [0.25, 0.3) is 16.6 Å². The van der Waals surface area contributed by atoms with Gasteiger partial charge in [0.2, 0.25) is 0 Å². The first-order chi connectivity index (χ1) is 7.45. The summed E-state index contributed by atoms with van der Waals surface area (Å²) in [6.07, 6.45) is 7.13. The largest absolute Gasteiger partial charge is 0.304 e. The summed E-state index contributed by atoms with van der Waals surface area (Å²) in [6.45, 7) is 0. The fraction of sp³-hybridized carbons (Fsp3) is 0. The van der Waals surface area contributed by atoms with Gasteiger partial charge in [0, 0.05) is 17.8 Å². The van der Waals surface area contributed by atoms with E-state index in [2.05, 4.69) is 15.2 Å². The maximum absolute atomic E-state index is 4.07. The number of nitrogens with zero attached hydrogens (tertiary/aromatic N) is 4. The topological polar surface area (TPSA) is 43.6 Å². The van der Waals surface area contributed by atoms with Crippen molar-refractivity contribution in [3.05, 3.63) is 49.2 Å². The van der Waals surface area contributed by atoms with E-state index in [1.807, 2.05) is 35.0 Å². The molecule has 0 saturated heterocycles. The van der Waals surface area contributed by atoms with Crippen LogP contribution in [0, 0.1) is 0 Å². The minimum absolute atomic E-state index is 0.892. The summed E-state index contributed by atoms with van der Waals surface area (Å²) in [6, 6.07) is 7.92. The Kier molecular flexibility index (Phi) is 1.71. The Hall–Kier alpha value is -2.23. The Morgan fingerprint density at radius 1 is 1.13 bits per heavy atom. The van der Waals surface area contributed by atoms with Gasteiger partial charge in [0.15, 0.2) is 0 Å². The van der Waals surface area contributed by atoms with Crippen LogP contribution in [0.4, 0.5) is 0 Å². The smallest absolute Gasteiger partial charge is 0.0992 e. The molecule has 0 bridgehead atoms. The van der Waals surface area contributed by atoms with Gasteiger partial charge >= 0.3 is 0 Å². The van der Waals surface area contributed by atoms with Crippen molar-refractivity contribution >= 4 is 10.9 Å². The molecule has 3 aromatic rings. The van der Waals surface area contributed by atoms with Gasteiger partial charge in [0.1, 0.15) is 0 Å². The summed E-state index contributed by atoms with van der Waals surface area (Å²) in [4.78, 5) is 4.02. The highest BCUT2D eigenvalue weighted by molar-refractivity contribution is 5.85. The third-order valence-electron chi connectivity index (χ3n) is 2.31. The minimum Gasteiger partial charge on any atom is -0.304 e. The second-order valence-corrected chi connectivity index (χ2v) is 3.22. The van der Waals surface area contributed by atoms with Gasteiger partial charge in [-0.15, -0.1) is 0 Å². The van der Waals surface area contributed by atoms with Crippen molar-refractivity contribution in [2.45, 2.75) is 0 Å². The SMILES string of the molecule is c1ccc2c(-n3ccnc3)cnnc2c1. The molecule has 72 valence electrons. The van der Waals surface area contributed by atoms with E-state index in [-0.39, 0.29) is 0 Å². The summed E-state index contributed by atoms with van der Waals surface area (Å²) in [5.74, 6) is 0. The molecule has 0 spiro atoms. The molecular formula is C11H8N4. The van der Waals surface area contributed by atoms with Gasteiger partial charge in [-0.3, -0.25) is 0 Å². The van der Waals surface area contributed by atoms with Crippen LogP contribution in [0.15, 0.2) is 49.2 Å². The number of hydrogen-bond acceptors (Lipinski definition) is 3. The van der Waals surface area contributed by atoms with Gasteiger partial charge < -0.3 is 4.57 Å². The zero-order chi connectivity index (χ0) is 10.1. The summed E-state index contributed by atoms with van der Waals surface area (Å²) in [7, 11) is 0. The molecule has 0 aliphatic heterocycles. The van der Waals surface area contributed by atoms with Crippen molar-refractivity contribution < 1.29 is 0 Å². The summed E-state index contributed by atoms with van der Waals surface area (Å²) in [5.41, 5.74) is 1.89. The lowest BCUT2D eigenvalue weighted by molar-refractivity contribution is 1.00. The molecule has 0 aliphatic rings. The molecule has 4 heteroatoms. The van der Waals surface area contributed by atoms with Gasteiger partial charge in [-0.05, 0) is 6.07 Å². The van der Waals surface area contributed by atoms with Crippen molar-refractivity contribution in [3.8, 4) is 5.69 Å². The monoisotopic (exact) mass is 196 g/mol. The third kappa shape index (κ3) is 1.27. The van der Waals surface area contributed by atoms with Crippen molar-refractivity contribution in [3.63, 3.8) is 0 Å². The molecule has 0 unspecified atom stereocenters. The Morgan fingerprint density at radius 2 is 2.07 bits per heavy atom. The molecule has 15 heavy (non-hydrogen) atoms. The first-order valence-corrected chi connectivity index (χ1v) is 4.64. The van der Waals surface area contributed by atoms with Crippen LogP contribution in [0.3, 0.4) is 0 Å². The maximum atomic E-state index is 4.07. The second-order valence-electron chi connectivity index (χ2n) is 3.22. The highest BCUT2D eigenvalue weighted by Crippen LogP contribution is 2.18. The quantitative estimate of drug-likeness (QED) is 0.596. The molecule has 0 atom stereocenters. The molecule has 1 aromatic carbocycles. The van der Waals surface area contributed by atoms with Crippen LogP contribution in [-0.4, -0.2) is 19.7 Å². The van der Waals surface area contributed by atoms with Crippen molar-refractivity contribution in [2.24, 2.45) is 0 Å². The lowest BCUT2D eigenvalue weighted by Gasteiger charge is -2.04. The molecule has 0 radical (unpaired) electrons. The molecule has 0 N–H and O–H groups in total. The molecule has 2 aromatic heterocycles. The van der Waals surface area contributed by atoms with E-state index in [4.69, 9.17) is 0 Å². The van der Waals surface area contributed by atoms with E-state index in [0.29, 0.717) is 0 Å². The predicted molar refractivity (Wildman–Crippen MR) is 56.7 cm³/mol. The van der Waals surface area contributed by atoms with Crippen LogP contribution < -0.4 is 0 Å². The minimum atomic E-state index is 0.892. The molecule has 0 amide bonds. The van der Waals surface area contributed by atoms with Gasteiger partial charge in [-0.2, -0.15) is 10.2 Å². The number of hydrogen-bond donors (Lipinski definition) is 0. The fourth-order valence-corrected chi connectivity index (χ4v) is 1.60. The van der Waals surface area contributed by atoms with Crippen molar-refractivity contribution in [1.82, 2.24) is 19.7 Å². The average molecular weight is 196 g/mol. The zero-order valence-electron chi connectivity index (χ0n) is 7.91.